The molecule has 1 amide bonds. The fourth-order valence-corrected chi connectivity index (χ4v) is 3.07. The third-order valence-corrected chi connectivity index (χ3v) is 4.12. The molecule has 2 unspecified atom stereocenters. The second-order valence-electron chi connectivity index (χ2n) is 5.14. The number of carbonyl (C=O) groups excluding carboxylic acids is 1. The van der Waals surface area contributed by atoms with E-state index in [9.17, 15) is 4.79 Å². The van der Waals surface area contributed by atoms with E-state index in [1.54, 1.807) is 0 Å². The summed E-state index contributed by atoms with van der Waals surface area (Å²) < 4.78 is 0. The lowest BCUT2D eigenvalue weighted by Gasteiger charge is -2.27. The molecule has 4 atom stereocenters. The maximum Gasteiger partial charge on any atom is 0.226 e. The Kier molecular flexibility index (Phi) is 1.50. The van der Waals surface area contributed by atoms with E-state index in [1.807, 2.05) is 0 Å². The van der Waals surface area contributed by atoms with Crippen molar-refractivity contribution in [2.45, 2.75) is 38.6 Å². The summed E-state index contributed by atoms with van der Waals surface area (Å²) in [5.74, 6) is 2.40. The van der Waals surface area contributed by atoms with Crippen LogP contribution in [0.4, 0.5) is 0 Å². The summed E-state index contributed by atoms with van der Waals surface area (Å²) in [5.41, 5.74) is 0. The molecule has 2 heteroatoms. The molecule has 3 aliphatic rings. The van der Waals surface area contributed by atoms with Crippen LogP contribution in [0, 0.1) is 17.8 Å². The number of likely N-dealkylation sites (tertiary alicyclic amines) is 1. The first-order valence-electron chi connectivity index (χ1n) is 5.56. The van der Waals surface area contributed by atoms with Gasteiger partial charge in [-0.1, -0.05) is 6.92 Å². The van der Waals surface area contributed by atoms with Crippen molar-refractivity contribution < 1.29 is 4.79 Å². The van der Waals surface area contributed by atoms with Crippen LogP contribution in [0.25, 0.3) is 0 Å². The molecule has 0 aromatic carbocycles. The average molecular weight is 179 g/mol. The van der Waals surface area contributed by atoms with E-state index in [1.165, 1.54) is 19.3 Å². The topological polar surface area (TPSA) is 20.3 Å². The molecule has 0 N–H and O–H groups in total. The van der Waals surface area contributed by atoms with Crippen molar-refractivity contribution in [1.29, 1.82) is 0 Å². The van der Waals surface area contributed by atoms with Crippen LogP contribution in [0.2, 0.25) is 0 Å². The van der Waals surface area contributed by atoms with E-state index in [0.717, 1.165) is 18.9 Å². The minimum atomic E-state index is 0.402. The first kappa shape index (κ1) is 7.84. The molecular weight excluding hydrogens is 162 g/mol. The van der Waals surface area contributed by atoms with Gasteiger partial charge in [0.05, 0.1) is 0 Å². The largest absolute Gasteiger partial charge is 0.339 e. The molecule has 3 fully saturated rings. The number of hydrogen-bond acceptors (Lipinski definition) is 1. The van der Waals surface area contributed by atoms with Gasteiger partial charge in [-0.15, -0.1) is 0 Å². The highest BCUT2D eigenvalue weighted by molar-refractivity contribution is 5.82. The molecule has 2 aliphatic carbocycles. The number of piperidine rings is 1. The molecule has 72 valence electrons. The molecule has 2 nitrogen and oxygen atoms in total. The smallest absolute Gasteiger partial charge is 0.226 e. The second-order valence-corrected chi connectivity index (χ2v) is 5.14. The summed E-state index contributed by atoms with van der Waals surface area (Å²) in [6, 6.07) is 0.630. The lowest BCUT2D eigenvalue weighted by molar-refractivity contribution is -0.134. The van der Waals surface area contributed by atoms with Crippen molar-refractivity contribution in [1.82, 2.24) is 4.90 Å². The van der Waals surface area contributed by atoms with Crippen LogP contribution in [-0.4, -0.2) is 23.4 Å². The summed E-state index contributed by atoms with van der Waals surface area (Å²) >= 11 is 0. The van der Waals surface area contributed by atoms with Crippen molar-refractivity contribution in [2.75, 3.05) is 6.54 Å². The highest BCUT2D eigenvalue weighted by Crippen LogP contribution is 2.44. The molecule has 0 aromatic rings. The average Bonchev–Trinajstić information content (AvgIpc) is 2.62. The van der Waals surface area contributed by atoms with Gasteiger partial charge in [0.15, 0.2) is 0 Å². The van der Waals surface area contributed by atoms with Crippen molar-refractivity contribution in [3.8, 4) is 0 Å². The van der Waals surface area contributed by atoms with E-state index in [-0.39, 0.29) is 0 Å². The van der Waals surface area contributed by atoms with E-state index in [2.05, 4.69) is 11.8 Å². The van der Waals surface area contributed by atoms with Gasteiger partial charge in [-0.3, -0.25) is 4.79 Å². The molecule has 2 saturated carbocycles. The predicted molar refractivity (Wildman–Crippen MR) is 50.1 cm³/mol. The Labute approximate surface area is 79.3 Å². The SMILES string of the molecule is C[C@@H]1C[C@H]1C(=O)N1CC2CCC1C2. The third kappa shape index (κ3) is 1.11. The first-order chi connectivity index (χ1) is 6.25. The molecule has 3 rings (SSSR count). The Hall–Kier alpha value is -0.530. The quantitative estimate of drug-likeness (QED) is 0.599. The zero-order chi connectivity index (χ0) is 9.00. The number of amides is 1. The van der Waals surface area contributed by atoms with E-state index in [0.29, 0.717) is 23.8 Å². The Bertz CT molecular complexity index is 250. The normalized spacial score (nSPS) is 47.0. The summed E-state index contributed by atoms with van der Waals surface area (Å²) in [6.07, 6.45) is 5.09. The zero-order valence-electron chi connectivity index (χ0n) is 8.20. The van der Waals surface area contributed by atoms with Crippen LogP contribution in [0.3, 0.4) is 0 Å². The molecule has 0 radical (unpaired) electrons. The molecular formula is C11H17NO. The standard InChI is InChI=1S/C11H17NO/c1-7-4-10(7)11(13)12-6-8-2-3-9(12)5-8/h7-10H,2-6H2,1H3/t7-,8?,9?,10-/m1/s1. The maximum absolute atomic E-state index is 11.9. The van der Waals surface area contributed by atoms with E-state index < -0.39 is 0 Å². The molecule has 1 aliphatic heterocycles. The molecule has 1 heterocycles. The van der Waals surface area contributed by atoms with Crippen molar-refractivity contribution >= 4 is 5.91 Å². The van der Waals surface area contributed by atoms with Crippen LogP contribution in [0.5, 0.6) is 0 Å². The lowest BCUT2D eigenvalue weighted by atomic mass is 10.1. The summed E-state index contributed by atoms with van der Waals surface area (Å²) in [5, 5.41) is 0. The molecule has 1 saturated heterocycles. The minimum Gasteiger partial charge on any atom is -0.339 e. The molecule has 2 bridgehead atoms. The number of rotatable bonds is 1. The number of nitrogens with zero attached hydrogens (tertiary/aromatic N) is 1. The van der Waals surface area contributed by atoms with E-state index >= 15 is 0 Å². The van der Waals surface area contributed by atoms with Gasteiger partial charge in [-0.05, 0) is 37.5 Å². The fraction of sp³-hybridized carbons (Fsp3) is 0.909. The van der Waals surface area contributed by atoms with Crippen LogP contribution in [-0.2, 0) is 4.79 Å². The van der Waals surface area contributed by atoms with Gasteiger partial charge in [0.25, 0.3) is 0 Å². The van der Waals surface area contributed by atoms with Gasteiger partial charge in [0.1, 0.15) is 0 Å². The molecule has 0 aromatic heterocycles. The zero-order valence-corrected chi connectivity index (χ0v) is 8.20. The van der Waals surface area contributed by atoms with E-state index in [4.69, 9.17) is 0 Å². The van der Waals surface area contributed by atoms with Crippen LogP contribution in [0.1, 0.15) is 32.6 Å². The Balaban J connectivity index is 1.69. The third-order valence-electron chi connectivity index (χ3n) is 4.12. The Morgan fingerprint density at radius 3 is 2.54 bits per heavy atom. The summed E-state index contributed by atoms with van der Waals surface area (Å²) in [4.78, 5) is 14.1. The summed E-state index contributed by atoms with van der Waals surface area (Å²) in [7, 11) is 0. The monoisotopic (exact) mass is 179 g/mol. The number of carbonyl (C=O) groups is 1. The summed E-state index contributed by atoms with van der Waals surface area (Å²) in [6.45, 7) is 3.27. The first-order valence-corrected chi connectivity index (χ1v) is 5.56. The van der Waals surface area contributed by atoms with Crippen LogP contribution < -0.4 is 0 Å². The van der Waals surface area contributed by atoms with Crippen LogP contribution in [0.15, 0.2) is 0 Å². The van der Waals surface area contributed by atoms with Gasteiger partial charge in [-0.25, -0.2) is 0 Å². The minimum absolute atomic E-state index is 0.402. The van der Waals surface area contributed by atoms with Gasteiger partial charge in [0, 0.05) is 18.5 Å². The molecule has 13 heavy (non-hydrogen) atoms. The Morgan fingerprint density at radius 2 is 2.08 bits per heavy atom. The van der Waals surface area contributed by atoms with Crippen molar-refractivity contribution in [3.63, 3.8) is 0 Å². The van der Waals surface area contributed by atoms with Gasteiger partial charge in [-0.2, -0.15) is 0 Å². The van der Waals surface area contributed by atoms with Gasteiger partial charge < -0.3 is 4.90 Å². The lowest BCUT2D eigenvalue weighted by Crippen LogP contribution is -2.38. The van der Waals surface area contributed by atoms with Gasteiger partial charge in [0.2, 0.25) is 5.91 Å². The van der Waals surface area contributed by atoms with Crippen LogP contribution >= 0.6 is 0 Å². The number of hydrogen-bond donors (Lipinski definition) is 0. The fourth-order valence-electron chi connectivity index (χ4n) is 3.07. The number of fused-ring (bicyclic) bond motifs is 2. The van der Waals surface area contributed by atoms with Gasteiger partial charge >= 0.3 is 0 Å². The van der Waals surface area contributed by atoms with Crippen molar-refractivity contribution in [2.24, 2.45) is 17.8 Å². The maximum atomic E-state index is 11.9. The Morgan fingerprint density at radius 1 is 1.31 bits per heavy atom. The van der Waals surface area contributed by atoms with Crippen molar-refractivity contribution in [3.05, 3.63) is 0 Å². The highest BCUT2D eigenvalue weighted by Gasteiger charge is 2.47. The second kappa shape index (κ2) is 2.49. The molecule has 0 spiro atoms. The predicted octanol–water partition coefficient (Wildman–Crippen LogP) is 1.65. The highest BCUT2D eigenvalue weighted by atomic mass is 16.2.